The van der Waals surface area contributed by atoms with E-state index >= 15 is 0 Å². The smallest absolute Gasteiger partial charge is 0.290 e. The quantitative estimate of drug-likeness (QED) is 0.346. The van der Waals surface area contributed by atoms with E-state index in [1.165, 1.54) is 6.26 Å². The fourth-order valence-corrected chi connectivity index (χ4v) is 2.11. The van der Waals surface area contributed by atoms with Gasteiger partial charge in [-0.2, -0.15) is 0 Å². The highest BCUT2D eigenvalue weighted by atomic mass is 16.4. The maximum absolute atomic E-state index is 12.2. The predicted molar refractivity (Wildman–Crippen MR) is 60.9 cm³/mol. The molecule has 0 aromatic carbocycles. The molecule has 92 valence electrons. The number of hydrogen-bond donors (Lipinski definition) is 2. The van der Waals surface area contributed by atoms with E-state index in [4.69, 9.17) is 15.4 Å². The van der Waals surface area contributed by atoms with Crippen molar-refractivity contribution in [2.45, 2.75) is 25.8 Å². The molecule has 1 atom stereocenters. The second-order valence-corrected chi connectivity index (χ2v) is 4.11. The molecule has 1 unspecified atom stereocenters. The van der Waals surface area contributed by atoms with Crippen molar-refractivity contribution >= 4 is 11.7 Å². The van der Waals surface area contributed by atoms with Crippen LogP contribution in [0.15, 0.2) is 21.9 Å². The summed E-state index contributed by atoms with van der Waals surface area (Å²) in [6, 6.07) is 1.40. The second kappa shape index (κ2) is 4.48. The molecule has 6 nitrogen and oxygen atoms in total. The van der Waals surface area contributed by atoms with Gasteiger partial charge in [-0.3, -0.25) is 4.79 Å². The standard InChI is InChI=1S/C11H15N3O3/c1-7-4-6-17-9(7)11(15)14-5-2-3-8(14)10(12)13-16/h4,6,8,16H,2-3,5H2,1H3,(H2,12,13). The van der Waals surface area contributed by atoms with Crippen molar-refractivity contribution in [1.82, 2.24) is 4.90 Å². The van der Waals surface area contributed by atoms with Crippen molar-refractivity contribution in [2.24, 2.45) is 10.9 Å². The Morgan fingerprint density at radius 2 is 2.47 bits per heavy atom. The number of furan rings is 1. The van der Waals surface area contributed by atoms with Crippen molar-refractivity contribution in [3.05, 3.63) is 23.7 Å². The lowest BCUT2D eigenvalue weighted by molar-refractivity contribution is 0.0735. The van der Waals surface area contributed by atoms with E-state index in [1.807, 2.05) is 6.92 Å². The average molecular weight is 237 g/mol. The Kier molecular flexibility index (Phi) is 3.03. The van der Waals surface area contributed by atoms with Gasteiger partial charge in [0.05, 0.1) is 12.3 Å². The number of carbonyl (C=O) groups is 1. The summed E-state index contributed by atoms with van der Waals surface area (Å²) in [5, 5.41) is 11.7. The van der Waals surface area contributed by atoms with E-state index in [9.17, 15) is 4.79 Å². The lowest BCUT2D eigenvalue weighted by Gasteiger charge is -2.22. The molecular formula is C11H15N3O3. The molecule has 1 aliphatic heterocycles. The third-order valence-electron chi connectivity index (χ3n) is 3.03. The van der Waals surface area contributed by atoms with Crippen molar-refractivity contribution in [3.63, 3.8) is 0 Å². The topological polar surface area (TPSA) is 92.1 Å². The van der Waals surface area contributed by atoms with Crippen LogP contribution in [0, 0.1) is 6.92 Å². The molecular weight excluding hydrogens is 222 g/mol. The number of oxime groups is 1. The summed E-state index contributed by atoms with van der Waals surface area (Å²) in [4.78, 5) is 13.8. The Morgan fingerprint density at radius 1 is 1.71 bits per heavy atom. The zero-order valence-electron chi connectivity index (χ0n) is 9.59. The number of nitrogens with zero attached hydrogens (tertiary/aromatic N) is 2. The first-order chi connectivity index (χ1) is 8.15. The first-order valence-electron chi connectivity index (χ1n) is 5.47. The second-order valence-electron chi connectivity index (χ2n) is 4.11. The van der Waals surface area contributed by atoms with Crippen LogP contribution < -0.4 is 5.73 Å². The number of rotatable bonds is 2. The number of nitrogens with two attached hydrogens (primary N) is 1. The summed E-state index contributed by atoms with van der Waals surface area (Å²) in [6.45, 7) is 2.41. The van der Waals surface area contributed by atoms with Crippen molar-refractivity contribution in [2.75, 3.05) is 6.54 Å². The molecule has 0 radical (unpaired) electrons. The van der Waals surface area contributed by atoms with Crippen molar-refractivity contribution in [1.29, 1.82) is 0 Å². The van der Waals surface area contributed by atoms with Gasteiger partial charge in [0.1, 0.15) is 0 Å². The van der Waals surface area contributed by atoms with Crippen LogP contribution >= 0.6 is 0 Å². The minimum absolute atomic E-state index is 0.0695. The Labute approximate surface area is 98.7 Å². The van der Waals surface area contributed by atoms with E-state index in [1.54, 1.807) is 11.0 Å². The van der Waals surface area contributed by atoms with E-state index in [2.05, 4.69) is 5.16 Å². The number of amidine groups is 1. The van der Waals surface area contributed by atoms with Gasteiger partial charge in [-0.15, -0.1) is 0 Å². The largest absolute Gasteiger partial charge is 0.459 e. The molecule has 3 N–H and O–H groups in total. The van der Waals surface area contributed by atoms with Gasteiger partial charge in [0, 0.05) is 12.1 Å². The molecule has 1 aromatic rings. The number of hydrogen-bond acceptors (Lipinski definition) is 4. The Hall–Kier alpha value is -1.98. The van der Waals surface area contributed by atoms with Crippen LogP contribution in [-0.4, -0.2) is 34.4 Å². The SMILES string of the molecule is Cc1ccoc1C(=O)N1CCCC1C(N)=NO. The third kappa shape index (κ3) is 1.98. The summed E-state index contributed by atoms with van der Waals surface area (Å²) in [7, 11) is 0. The van der Waals surface area contributed by atoms with Gasteiger partial charge in [0.25, 0.3) is 5.91 Å². The van der Waals surface area contributed by atoms with Gasteiger partial charge in [-0.25, -0.2) is 0 Å². The lowest BCUT2D eigenvalue weighted by atomic mass is 10.2. The molecule has 1 aliphatic rings. The summed E-state index contributed by atoms with van der Waals surface area (Å²) in [6.07, 6.45) is 3.03. The molecule has 1 saturated heterocycles. The maximum Gasteiger partial charge on any atom is 0.290 e. The fourth-order valence-electron chi connectivity index (χ4n) is 2.11. The highest BCUT2D eigenvalue weighted by molar-refractivity contribution is 5.97. The maximum atomic E-state index is 12.2. The van der Waals surface area contributed by atoms with Gasteiger partial charge in [-0.1, -0.05) is 5.16 Å². The van der Waals surface area contributed by atoms with Crippen LogP contribution in [0.1, 0.15) is 29.0 Å². The highest BCUT2D eigenvalue weighted by Gasteiger charge is 2.34. The molecule has 1 fully saturated rings. The van der Waals surface area contributed by atoms with Gasteiger partial charge in [0.2, 0.25) is 0 Å². The minimum Gasteiger partial charge on any atom is -0.459 e. The van der Waals surface area contributed by atoms with Gasteiger partial charge < -0.3 is 20.3 Å². The first kappa shape index (κ1) is 11.5. The van der Waals surface area contributed by atoms with Crippen LogP contribution in [0.2, 0.25) is 0 Å². The highest BCUT2D eigenvalue weighted by Crippen LogP contribution is 2.22. The summed E-state index contributed by atoms with van der Waals surface area (Å²) in [5.41, 5.74) is 6.37. The van der Waals surface area contributed by atoms with Gasteiger partial charge >= 0.3 is 0 Å². The number of amides is 1. The van der Waals surface area contributed by atoms with E-state index in [0.717, 1.165) is 12.0 Å². The first-order valence-corrected chi connectivity index (χ1v) is 5.47. The molecule has 1 amide bonds. The van der Waals surface area contributed by atoms with Crippen molar-refractivity contribution in [3.8, 4) is 0 Å². The summed E-state index contributed by atoms with van der Waals surface area (Å²) in [5.74, 6) is 0.185. The Balaban J connectivity index is 2.23. The van der Waals surface area contributed by atoms with Crippen molar-refractivity contribution < 1.29 is 14.4 Å². The zero-order chi connectivity index (χ0) is 12.4. The van der Waals surface area contributed by atoms with Gasteiger partial charge in [0.15, 0.2) is 11.6 Å². The van der Waals surface area contributed by atoms with Crippen LogP contribution in [0.25, 0.3) is 0 Å². The summed E-state index contributed by atoms with van der Waals surface area (Å²) >= 11 is 0. The number of carbonyl (C=O) groups excluding carboxylic acids is 1. The Morgan fingerprint density at radius 3 is 3.06 bits per heavy atom. The van der Waals surface area contributed by atoms with Crippen LogP contribution in [-0.2, 0) is 0 Å². The van der Waals surface area contributed by atoms with Crippen LogP contribution in [0.4, 0.5) is 0 Å². The lowest BCUT2D eigenvalue weighted by Crippen LogP contribution is -2.43. The number of likely N-dealkylation sites (tertiary alicyclic amines) is 1. The van der Waals surface area contributed by atoms with E-state index in [-0.39, 0.29) is 17.8 Å². The van der Waals surface area contributed by atoms with Crippen LogP contribution in [0.5, 0.6) is 0 Å². The number of aryl methyl sites for hydroxylation is 1. The molecule has 17 heavy (non-hydrogen) atoms. The molecule has 0 bridgehead atoms. The molecule has 0 saturated carbocycles. The summed E-state index contributed by atoms with van der Waals surface area (Å²) < 4.78 is 5.17. The normalized spacial score (nSPS) is 20.9. The molecule has 0 spiro atoms. The van der Waals surface area contributed by atoms with E-state index < -0.39 is 0 Å². The zero-order valence-corrected chi connectivity index (χ0v) is 9.59. The van der Waals surface area contributed by atoms with E-state index in [0.29, 0.717) is 18.7 Å². The third-order valence-corrected chi connectivity index (χ3v) is 3.03. The molecule has 2 rings (SSSR count). The minimum atomic E-state index is -0.336. The monoisotopic (exact) mass is 237 g/mol. The molecule has 6 heteroatoms. The average Bonchev–Trinajstić information content (AvgIpc) is 2.95. The molecule has 1 aromatic heterocycles. The fraction of sp³-hybridized carbons (Fsp3) is 0.455. The molecule has 0 aliphatic carbocycles. The Bertz CT molecular complexity index is 453. The predicted octanol–water partition coefficient (Wildman–Crippen LogP) is 0.939. The van der Waals surface area contributed by atoms with Crippen LogP contribution in [0.3, 0.4) is 0 Å². The molecule has 2 heterocycles. The van der Waals surface area contributed by atoms with Gasteiger partial charge in [-0.05, 0) is 25.8 Å².